The van der Waals surface area contributed by atoms with E-state index in [4.69, 9.17) is 31.8 Å². The summed E-state index contributed by atoms with van der Waals surface area (Å²) in [6.07, 6.45) is 12.4. The Morgan fingerprint density at radius 3 is 0.880 bits per heavy atom. The van der Waals surface area contributed by atoms with Crippen LogP contribution in [0.3, 0.4) is 0 Å². The molecule has 0 spiro atoms. The molecule has 2 aliphatic carbocycles. The van der Waals surface area contributed by atoms with Crippen LogP contribution in [-0.4, -0.2) is 28.4 Å². The van der Waals surface area contributed by atoms with Gasteiger partial charge in [0.2, 0.25) is 0 Å². The summed E-state index contributed by atoms with van der Waals surface area (Å²) in [6.45, 7) is 0. The van der Waals surface area contributed by atoms with Gasteiger partial charge in [0.15, 0.2) is 22.4 Å². The molecule has 0 amide bonds. The van der Waals surface area contributed by atoms with Gasteiger partial charge in [-0.3, -0.25) is 0 Å². The van der Waals surface area contributed by atoms with Crippen LogP contribution in [0.1, 0.15) is 55.6 Å². The fourth-order valence-corrected chi connectivity index (χ4v) is 7.64. The second kappa shape index (κ2) is 12.6. The Morgan fingerprint density at radius 2 is 0.640 bits per heavy atom. The second-order valence-electron chi connectivity index (χ2n) is 12.1. The van der Waals surface area contributed by atoms with Gasteiger partial charge in [0.1, 0.15) is 0 Å². The topological polar surface area (TPSA) is 36.9 Å². The van der Waals surface area contributed by atoms with Crippen LogP contribution in [0.4, 0.5) is 0 Å². The maximum Gasteiger partial charge on any atom is 0.180 e. The number of hydrogen-bond acceptors (Lipinski definition) is 4. The molecule has 0 fully saturated rings. The fourth-order valence-electron chi connectivity index (χ4n) is 7.64. The summed E-state index contributed by atoms with van der Waals surface area (Å²) in [4.78, 5) is 0. The van der Waals surface area contributed by atoms with Crippen molar-refractivity contribution in [2.75, 3.05) is 28.4 Å². The number of rotatable bonds is 4. The smallest absolute Gasteiger partial charge is 0.180 e. The van der Waals surface area contributed by atoms with Gasteiger partial charge < -0.3 is 18.9 Å². The largest absolute Gasteiger partial charge is 0.357 e. The van der Waals surface area contributed by atoms with E-state index in [0.29, 0.717) is 0 Å². The maximum absolute atomic E-state index is 6.36. The van der Waals surface area contributed by atoms with E-state index < -0.39 is 22.4 Å². The minimum absolute atomic E-state index is 0.769. The van der Waals surface area contributed by atoms with Crippen LogP contribution < -0.4 is 0 Å². The van der Waals surface area contributed by atoms with Crippen molar-refractivity contribution in [2.24, 2.45) is 0 Å². The number of hydrogen-bond donors (Lipinski definition) is 0. The van der Waals surface area contributed by atoms with Crippen molar-refractivity contribution in [2.45, 2.75) is 22.4 Å². The Bertz CT molecular complexity index is 2090. The number of benzene rings is 5. The van der Waals surface area contributed by atoms with Gasteiger partial charge in [0.25, 0.3) is 0 Å². The van der Waals surface area contributed by atoms with Gasteiger partial charge >= 0.3 is 0 Å². The Balaban J connectivity index is 1.36. The Hall–Kier alpha value is -5.82. The summed E-state index contributed by atoms with van der Waals surface area (Å²) in [5.41, 5.74) is 3.78. The first-order chi connectivity index (χ1) is 24.4. The van der Waals surface area contributed by atoms with Gasteiger partial charge in [-0.05, 0) is 18.2 Å². The molecular formula is C46H34O4. The molecule has 0 saturated carbocycles. The molecule has 0 aliphatic heterocycles. The van der Waals surface area contributed by atoms with Crippen LogP contribution >= 0.6 is 0 Å². The Labute approximate surface area is 294 Å². The molecule has 0 bridgehead atoms. The zero-order chi connectivity index (χ0) is 35.0. The van der Waals surface area contributed by atoms with Crippen molar-refractivity contribution in [3.8, 4) is 48.4 Å². The zero-order valence-electron chi connectivity index (χ0n) is 28.3. The summed E-state index contributed by atoms with van der Waals surface area (Å²) in [7, 11) is 6.60. The predicted molar refractivity (Wildman–Crippen MR) is 195 cm³/mol. The van der Waals surface area contributed by atoms with E-state index in [1.54, 1.807) is 28.4 Å². The molecule has 0 atom stereocenters. The van der Waals surface area contributed by atoms with Gasteiger partial charge in [-0.1, -0.05) is 139 Å². The number of ether oxygens (including phenoxy) is 4. The molecule has 2 aliphatic rings. The average Bonchev–Trinajstić information content (AvgIpc) is 3.19. The Morgan fingerprint density at radius 1 is 0.380 bits per heavy atom. The average molecular weight is 651 g/mol. The van der Waals surface area contributed by atoms with E-state index in [-0.39, 0.29) is 0 Å². The lowest BCUT2D eigenvalue weighted by Crippen LogP contribution is -2.43. The quantitative estimate of drug-likeness (QED) is 0.192. The fraction of sp³-hybridized carbons (Fsp3) is 0.174. The van der Waals surface area contributed by atoms with E-state index in [9.17, 15) is 0 Å². The molecule has 0 N–H and O–H groups in total. The van der Waals surface area contributed by atoms with Crippen LogP contribution in [0.15, 0.2) is 121 Å². The van der Waals surface area contributed by atoms with Crippen molar-refractivity contribution in [1.82, 2.24) is 0 Å². The second-order valence-corrected chi connectivity index (χ2v) is 12.1. The first-order valence-corrected chi connectivity index (χ1v) is 16.2. The Kier molecular flexibility index (Phi) is 8.22. The molecule has 4 nitrogen and oxygen atoms in total. The summed E-state index contributed by atoms with van der Waals surface area (Å²) >= 11 is 0. The SMILES string of the molecule is C#CC1(OC)c2ccccc2C(C#Cc2cccc(C#CC3(OC)c4ccccc4C(C#C)(OC)c4ccccc43)c2)(OC)c2ccccc21. The van der Waals surface area contributed by atoms with Crippen molar-refractivity contribution < 1.29 is 18.9 Å². The number of methoxy groups -OCH3 is 4. The van der Waals surface area contributed by atoms with Crippen LogP contribution in [0.2, 0.25) is 0 Å². The van der Waals surface area contributed by atoms with Gasteiger partial charge in [0.05, 0.1) is 0 Å². The van der Waals surface area contributed by atoms with E-state index in [0.717, 1.165) is 55.6 Å². The van der Waals surface area contributed by atoms with Crippen LogP contribution in [-0.2, 0) is 41.4 Å². The lowest BCUT2D eigenvalue weighted by Gasteiger charge is -2.43. The summed E-state index contributed by atoms with van der Waals surface area (Å²) in [5.74, 6) is 19.7. The molecule has 5 aromatic carbocycles. The highest BCUT2D eigenvalue weighted by atomic mass is 16.5. The minimum Gasteiger partial charge on any atom is -0.357 e. The minimum atomic E-state index is -1.10. The van der Waals surface area contributed by atoms with Crippen molar-refractivity contribution in [3.63, 3.8) is 0 Å². The third-order valence-electron chi connectivity index (χ3n) is 10.0. The lowest BCUT2D eigenvalue weighted by atomic mass is 9.67. The first kappa shape index (κ1) is 32.7. The van der Waals surface area contributed by atoms with Crippen LogP contribution in [0.25, 0.3) is 0 Å². The first-order valence-electron chi connectivity index (χ1n) is 16.2. The maximum atomic E-state index is 6.36. The molecule has 50 heavy (non-hydrogen) atoms. The van der Waals surface area contributed by atoms with Gasteiger partial charge in [-0.2, -0.15) is 0 Å². The molecular weight excluding hydrogens is 617 g/mol. The van der Waals surface area contributed by atoms with Crippen LogP contribution in [0, 0.1) is 48.4 Å². The third-order valence-corrected chi connectivity index (χ3v) is 10.0. The van der Waals surface area contributed by atoms with E-state index in [2.05, 4.69) is 35.5 Å². The van der Waals surface area contributed by atoms with E-state index in [1.807, 2.05) is 121 Å². The molecule has 0 radical (unpaired) electrons. The number of fused-ring (bicyclic) bond motifs is 4. The predicted octanol–water partition coefficient (Wildman–Crippen LogP) is 7.24. The van der Waals surface area contributed by atoms with Gasteiger partial charge in [-0.15, -0.1) is 12.8 Å². The van der Waals surface area contributed by atoms with Crippen molar-refractivity contribution in [1.29, 1.82) is 0 Å². The number of terminal acetylenes is 2. The standard InChI is InChI=1S/C46H34O4/c1-7-43(47-3)35-20-9-13-24-39(35)45(49-5,40-25-14-10-21-36(40)43)30-28-33-18-17-19-34(32-33)29-31-46(50-6)41-26-15-11-22-37(41)44(8-2,48-4)38-23-12-16-27-42(38)46/h1-2,9-27,32H,3-6H3. The van der Waals surface area contributed by atoms with Crippen molar-refractivity contribution >= 4 is 0 Å². The molecule has 7 rings (SSSR count). The zero-order valence-corrected chi connectivity index (χ0v) is 28.3. The highest BCUT2D eigenvalue weighted by molar-refractivity contribution is 5.66. The lowest BCUT2D eigenvalue weighted by molar-refractivity contribution is 0.0330. The highest BCUT2D eigenvalue weighted by Crippen LogP contribution is 2.52. The highest BCUT2D eigenvalue weighted by Gasteiger charge is 2.51. The normalized spacial score (nSPS) is 23.9. The molecule has 242 valence electrons. The van der Waals surface area contributed by atoms with Gasteiger partial charge in [0, 0.05) is 84.1 Å². The third kappa shape index (κ3) is 4.49. The van der Waals surface area contributed by atoms with E-state index >= 15 is 0 Å². The summed E-state index contributed by atoms with van der Waals surface area (Å²) in [6, 6.07) is 39.4. The summed E-state index contributed by atoms with van der Waals surface area (Å²) in [5, 5.41) is 0. The molecule has 0 saturated heterocycles. The van der Waals surface area contributed by atoms with Crippen molar-refractivity contribution in [3.05, 3.63) is 177 Å². The summed E-state index contributed by atoms with van der Waals surface area (Å²) < 4.78 is 24.9. The molecule has 0 aromatic heterocycles. The van der Waals surface area contributed by atoms with Crippen LogP contribution in [0.5, 0.6) is 0 Å². The molecule has 0 unspecified atom stereocenters. The molecule has 5 aromatic rings. The van der Waals surface area contributed by atoms with Gasteiger partial charge in [-0.25, -0.2) is 0 Å². The molecule has 4 heteroatoms. The molecule has 0 heterocycles. The monoisotopic (exact) mass is 650 g/mol. The van der Waals surface area contributed by atoms with E-state index in [1.165, 1.54) is 0 Å².